The monoisotopic (exact) mass is 436 g/mol. The number of hydrogen-bond acceptors (Lipinski definition) is 4. The summed E-state index contributed by atoms with van der Waals surface area (Å²) in [5.74, 6) is 0.144. The van der Waals surface area contributed by atoms with Crippen LogP contribution in [0.15, 0.2) is 60.7 Å². The standard InChI is InChI=1S/C27H36N2O3/c1-32-27(31)18-12-4-2-3-11-17-26(30)28-21-19-25(20-22-28)29(23-13-7-5-8-14-23)24-15-9-6-10-16-24/h5-10,13-16,25H,2-4,11-12,17-22H2,1H3. The average Bonchev–Trinajstić information content (AvgIpc) is 2.85. The van der Waals surface area contributed by atoms with Gasteiger partial charge in [-0.3, -0.25) is 9.59 Å². The van der Waals surface area contributed by atoms with Gasteiger partial charge in [0.05, 0.1) is 7.11 Å². The minimum absolute atomic E-state index is 0.137. The molecule has 0 spiro atoms. The molecule has 172 valence electrons. The zero-order chi connectivity index (χ0) is 22.6. The second-order valence-corrected chi connectivity index (χ2v) is 8.50. The molecule has 1 fully saturated rings. The number of carbonyl (C=O) groups excluding carboxylic acids is 2. The number of piperidine rings is 1. The zero-order valence-electron chi connectivity index (χ0n) is 19.2. The third kappa shape index (κ3) is 7.11. The van der Waals surface area contributed by atoms with Crippen LogP contribution < -0.4 is 4.90 Å². The second-order valence-electron chi connectivity index (χ2n) is 8.50. The number of para-hydroxylation sites is 2. The van der Waals surface area contributed by atoms with Crippen LogP contribution in [0.4, 0.5) is 11.4 Å². The Labute approximate surface area is 192 Å². The molecule has 0 bridgehead atoms. The minimum Gasteiger partial charge on any atom is -0.469 e. The van der Waals surface area contributed by atoms with Gasteiger partial charge in [-0.15, -0.1) is 0 Å². The summed E-state index contributed by atoms with van der Waals surface area (Å²) in [5, 5.41) is 0. The smallest absolute Gasteiger partial charge is 0.305 e. The van der Waals surface area contributed by atoms with Crippen LogP contribution in [0.25, 0.3) is 0 Å². The van der Waals surface area contributed by atoms with E-state index in [1.165, 1.54) is 18.5 Å². The number of unbranched alkanes of at least 4 members (excludes halogenated alkanes) is 4. The second kappa shape index (κ2) is 12.9. The van der Waals surface area contributed by atoms with Gasteiger partial charge >= 0.3 is 5.97 Å². The Hall–Kier alpha value is -2.82. The number of hydrogen-bond donors (Lipinski definition) is 0. The molecular weight excluding hydrogens is 400 g/mol. The highest BCUT2D eigenvalue weighted by Crippen LogP contribution is 2.31. The van der Waals surface area contributed by atoms with E-state index in [1.54, 1.807) is 0 Å². The van der Waals surface area contributed by atoms with Gasteiger partial charge in [-0.05, 0) is 49.9 Å². The van der Waals surface area contributed by atoms with Crippen LogP contribution in [0.3, 0.4) is 0 Å². The SMILES string of the molecule is COC(=O)CCCCCCCC(=O)N1CCC(N(c2ccccc2)c2ccccc2)CC1. The van der Waals surface area contributed by atoms with E-state index in [2.05, 4.69) is 58.2 Å². The van der Waals surface area contributed by atoms with Crippen LogP contribution in [0.2, 0.25) is 0 Å². The highest BCUT2D eigenvalue weighted by molar-refractivity contribution is 5.76. The predicted molar refractivity (Wildman–Crippen MR) is 129 cm³/mol. The number of carbonyl (C=O) groups is 2. The van der Waals surface area contributed by atoms with Crippen LogP contribution in [0.1, 0.15) is 57.8 Å². The molecule has 0 atom stereocenters. The van der Waals surface area contributed by atoms with E-state index in [0.29, 0.717) is 18.9 Å². The van der Waals surface area contributed by atoms with Gasteiger partial charge in [-0.25, -0.2) is 0 Å². The Bertz CT molecular complexity index is 778. The first-order valence-electron chi connectivity index (χ1n) is 11.9. The number of methoxy groups -OCH3 is 1. The molecule has 1 heterocycles. The molecule has 0 saturated carbocycles. The Kier molecular flexibility index (Phi) is 9.60. The molecule has 1 aliphatic rings. The Morgan fingerprint density at radius 3 is 1.84 bits per heavy atom. The van der Waals surface area contributed by atoms with Crippen molar-refractivity contribution >= 4 is 23.3 Å². The summed E-state index contributed by atoms with van der Waals surface area (Å²) < 4.78 is 4.66. The van der Waals surface area contributed by atoms with Crippen molar-refractivity contribution in [2.45, 2.75) is 63.8 Å². The summed E-state index contributed by atoms with van der Waals surface area (Å²) in [7, 11) is 1.43. The molecule has 0 aromatic heterocycles. The van der Waals surface area contributed by atoms with Crippen molar-refractivity contribution in [1.82, 2.24) is 4.90 Å². The summed E-state index contributed by atoms with van der Waals surface area (Å²) in [4.78, 5) is 28.3. The first-order valence-corrected chi connectivity index (χ1v) is 11.9. The van der Waals surface area contributed by atoms with E-state index in [1.807, 2.05) is 17.0 Å². The maximum Gasteiger partial charge on any atom is 0.305 e. The summed E-state index contributed by atoms with van der Waals surface area (Å²) in [6.45, 7) is 1.64. The van der Waals surface area contributed by atoms with Crippen LogP contribution in [-0.2, 0) is 14.3 Å². The highest BCUT2D eigenvalue weighted by Gasteiger charge is 2.27. The van der Waals surface area contributed by atoms with Gasteiger partial charge in [0.1, 0.15) is 0 Å². The molecule has 2 aromatic rings. The topological polar surface area (TPSA) is 49.9 Å². The van der Waals surface area contributed by atoms with E-state index in [0.717, 1.165) is 58.0 Å². The Morgan fingerprint density at radius 1 is 0.812 bits per heavy atom. The fourth-order valence-electron chi connectivity index (χ4n) is 4.46. The molecule has 1 amide bonds. The normalized spacial score (nSPS) is 14.2. The molecular formula is C27H36N2O3. The number of anilines is 2. The fourth-order valence-corrected chi connectivity index (χ4v) is 4.46. The van der Waals surface area contributed by atoms with Crippen molar-refractivity contribution in [3.8, 4) is 0 Å². The van der Waals surface area contributed by atoms with E-state index in [-0.39, 0.29) is 11.9 Å². The van der Waals surface area contributed by atoms with Crippen LogP contribution in [0.5, 0.6) is 0 Å². The van der Waals surface area contributed by atoms with Crippen LogP contribution in [-0.4, -0.2) is 43.0 Å². The lowest BCUT2D eigenvalue weighted by Gasteiger charge is -2.40. The molecule has 0 N–H and O–H groups in total. The highest BCUT2D eigenvalue weighted by atomic mass is 16.5. The lowest BCUT2D eigenvalue weighted by atomic mass is 10.0. The van der Waals surface area contributed by atoms with Gasteiger partial charge in [-0.1, -0.05) is 55.7 Å². The number of benzene rings is 2. The van der Waals surface area contributed by atoms with E-state index >= 15 is 0 Å². The van der Waals surface area contributed by atoms with Crippen molar-refractivity contribution in [3.05, 3.63) is 60.7 Å². The summed E-state index contributed by atoms with van der Waals surface area (Å²) in [6, 6.07) is 21.5. The largest absolute Gasteiger partial charge is 0.469 e. The summed E-state index contributed by atoms with van der Waals surface area (Å²) >= 11 is 0. The number of esters is 1. The van der Waals surface area contributed by atoms with Crippen molar-refractivity contribution < 1.29 is 14.3 Å². The number of nitrogens with zero attached hydrogens (tertiary/aromatic N) is 2. The van der Waals surface area contributed by atoms with Crippen molar-refractivity contribution in [1.29, 1.82) is 0 Å². The molecule has 5 nitrogen and oxygen atoms in total. The quantitative estimate of drug-likeness (QED) is 0.334. The third-order valence-electron chi connectivity index (χ3n) is 6.25. The Morgan fingerprint density at radius 2 is 1.31 bits per heavy atom. The molecule has 2 aromatic carbocycles. The van der Waals surface area contributed by atoms with Gasteiger partial charge in [0.2, 0.25) is 5.91 Å². The molecule has 1 saturated heterocycles. The van der Waals surface area contributed by atoms with Crippen molar-refractivity contribution in [2.24, 2.45) is 0 Å². The fraction of sp³-hybridized carbons (Fsp3) is 0.481. The van der Waals surface area contributed by atoms with Crippen LogP contribution in [0, 0.1) is 0 Å². The van der Waals surface area contributed by atoms with Gasteiger partial charge in [0.15, 0.2) is 0 Å². The molecule has 1 aliphatic heterocycles. The number of rotatable bonds is 11. The summed E-state index contributed by atoms with van der Waals surface area (Å²) in [6.07, 6.45) is 7.99. The molecule has 3 rings (SSSR count). The van der Waals surface area contributed by atoms with Crippen LogP contribution >= 0.6 is 0 Å². The van der Waals surface area contributed by atoms with E-state index < -0.39 is 0 Å². The Balaban J connectivity index is 1.43. The van der Waals surface area contributed by atoms with E-state index in [9.17, 15) is 9.59 Å². The molecule has 0 unspecified atom stereocenters. The maximum absolute atomic E-state index is 12.7. The first-order chi connectivity index (χ1) is 15.7. The minimum atomic E-state index is -0.137. The molecule has 0 radical (unpaired) electrons. The van der Waals surface area contributed by atoms with Crippen molar-refractivity contribution in [3.63, 3.8) is 0 Å². The summed E-state index contributed by atoms with van der Waals surface area (Å²) in [5.41, 5.74) is 2.41. The maximum atomic E-state index is 12.7. The van der Waals surface area contributed by atoms with Crippen molar-refractivity contribution in [2.75, 3.05) is 25.1 Å². The lowest BCUT2D eigenvalue weighted by Crippen LogP contribution is -2.45. The molecule has 5 heteroatoms. The van der Waals surface area contributed by atoms with Gasteiger partial charge in [0, 0.05) is 43.3 Å². The lowest BCUT2D eigenvalue weighted by molar-refractivity contribution is -0.140. The zero-order valence-corrected chi connectivity index (χ0v) is 19.2. The number of ether oxygens (including phenoxy) is 1. The average molecular weight is 437 g/mol. The molecule has 32 heavy (non-hydrogen) atoms. The number of likely N-dealkylation sites (tertiary alicyclic amines) is 1. The van der Waals surface area contributed by atoms with Gasteiger partial charge in [-0.2, -0.15) is 0 Å². The van der Waals surface area contributed by atoms with Gasteiger partial charge in [0.25, 0.3) is 0 Å². The third-order valence-corrected chi connectivity index (χ3v) is 6.25. The van der Waals surface area contributed by atoms with E-state index in [4.69, 9.17) is 0 Å². The van der Waals surface area contributed by atoms with Gasteiger partial charge < -0.3 is 14.5 Å². The first kappa shape index (κ1) is 23.8. The predicted octanol–water partition coefficient (Wildman–Crippen LogP) is 5.72. The molecule has 0 aliphatic carbocycles. The number of amides is 1.